The van der Waals surface area contributed by atoms with Crippen LogP contribution in [0.3, 0.4) is 0 Å². The Morgan fingerprint density at radius 3 is 2.11 bits per heavy atom. The second-order valence-corrected chi connectivity index (χ2v) is 9.59. The highest BCUT2D eigenvalue weighted by Gasteiger charge is 2.38. The van der Waals surface area contributed by atoms with Gasteiger partial charge in [-0.05, 0) is 55.8 Å². The number of sulfonamides is 1. The summed E-state index contributed by atoms with van der Waals surface area (Å²) in [5.41, 5.74) is 1.47. The molecule has 0 aliphatic carbocycles. The van der Waals surface area contributed by atoms with E-state index in [1.807, 2.05) is 18.4 Å². The third-order valence-corrected chi connectivity index (χ3v) is 6.50. The Hall–Kier alpha value is -3.07. The van der Waals surface area contributed by atoms with Crippen molar-refractivity contribution in [3.63, 3.8) is 0 Å². The zero-order valence-electron chi connectivity index (χ0n) is 18.1. The van der Waals surface area contributed by atoms with Gasteiger partial charge in [0.05, 0.1) is 10.6 Å². The van der Waals surface area contributed by atoms with Gasteiger partial charge in [-0.25, -0.2) is 27.9 Å². The van der Waals surface area contributed by atoms with Gasteiger partial charge in [0.25, 0.3) is 0 Å². The molecule has 188 valence electrons. The largest absolute Gasteiger partial charge is 0.490 e. The van der Waals surface area contributed by atoms with Crippen LogP contribution >= 0.6 is 23.4 Å². The van der Waals surface area contributed by atoms with Gasteiger partial charge in [-0.1, -0.05) is 11.6 Å². The third-order valence-electron chi connectivity index (χ3n) is 4.04. The minimum Gasteiger partial charge on any atom is -0.475 e. The van der Waals surface area contributed by atoms with Crippen molar-refractivity contribution in [3.05, 3.63) is 59.9 Å². The molecule has 15 heteroatoms. The van der Waals surface area contributed by atoms with E-state index >= 15 is 0 Å². The molecule has 0 fully saturated rings. The molecule has 0 spiro atoms. The van der Waals surface area contributed by atoms with Gasteiger partial charge in [0.1, 0.15) is 18.0 Å². The molecule has 4 N–H and O–H groups in total. The van der Waals surface area contributed by atoms with Gasteiger partial charge in [0.2, 0.25) is 10.0 Å². The number of anilines is 4. The van der Waals surface area contributed by atoms with Crippen LogP contribution in [0.2, 0.25) is 5.02 Å². The zero-order valence-corrected chi connectivity index (χ0v) is 20.5. The van der Waals surface area contributed by atoms with E-state index in [0.29, 0.717) is 22.3 Å². The van der Waals surface area contributed by atoms with Crippen molar-refractivity contribution < 1.29 is 31.5 Å². The molecule has 0 bridgehead atoms. The van der Waals surface area contributed by atoms with Crippen LogP contribution in [0.15, 0.2) is 64.6 Å². The van der Waals surface area contributed by atoms with Gasteiger partial charge in [-0.2, -0.15) is 13.2 Å². The van der Waals surface area contributed by atoms with Crippen LogP contribution in [0.1, 0.15) is 0 Å². The minimum atomic E-state index is -5.08. The van der Waals surface area contributed by atoms with E-state index in [2.05, 4.69) is 25.3 Å². The van der Waals surface area contributed by atoms with Gasteiger partial charge in [-0.15, -0.1) is 11.8 Å². The van der Waals surface area contributed by atoms with Gasteiger partial charge in [0.15, 0.2) is 0 Å². The maximum absolute atomic E-state index is 12.1. The fourth-order valence-electron chi connectivity index (χ4n) is 2.38. The Bertz CT molecular complexity index is 1280. The number of nitrogens with zero attached hydrogens (tertiary/aromatic N) is 2. The van der Waals surface area contributed by atoms with E-state index in [9.17, 15) is 21.6 Å². The summed E-state index contributed by atoms with van der Waals surface area (Å²) < 4.78 is 58.2. The lowest BCUT2D eigenvalue weighted by Gasteiger charge is -2.13. The van der Waals surface area contributed by atoms with E-state index < -0.39 is 22.2 Å². The highest BCUT2D eigenvalue weighted by atomic mass is 35.5. The molecule has 9 nitrogen and oxygen atoms in total. The van der Waals surface area contributed by atoms with Crippen LogP contribution in [0, 0.1) is 0 Å². The Labute approximate surface area is 208 Å². The second-order valence-electron chi connectivity index (χ2n) is 6.42. The average Bonchev–Trinajstić information content (AvgIpc) is 2.80. The molecule has 0 radical (unpaired) electrons. The first-order chi connectivity index (χ1) is 16.4. The quantitative estimate of drug-likeness (QED) is 0.304. The van der Waals surface area contributed by atoms with Crippen molar-refractivity contribution in [2.45, 2.75) is 16.0 Å². The first-order valence-electron chi connectivity index (χ1n) is 9.39. The van der Waals surface area contributed by atoms with E-state index in [4.69, 9.17) is 21.5 Å². The van der Waals surface area contributed by atoms with E-state index in [1.54, 1.807) is 36.4 Å². The summed E-state index contributed by atoms with van der Waals surface area (Å²) in [5, 5.41) is 14.1. The lowest BCUT2D eigenvalue weighted by molar-refractivity contribution is -0.192. The Balaban J connectivity index is 0.000000540. The first kappa shape index (κ1) is 28.2. The molecule has 2 aromatic carbocycles. The van der Waals surface area contributed by atoms with Gasteiger partial charge >= 0.3 is 12.1 Å². The Kier molecular flexibility index (Phi) is 9.71. The molecule has 0 unspecified atom stereocenters. The molecule has 35 heavy (non-hydrogen) atoms. The van der Waals surface area contributed by atoms with Crippen molar-refractivity contribution in [3.8, 4) is 0 Å². The summed E-state index contributed by atoms with van der Waals surface area (Å²) in [7, 11) is -2.17. The normalized spacial score (nSPS) is 11.3. The van der Waals surface area contributed by atoms with Gasteiger partial charge in [-0.3, -0.25) is 0 Å². The molecule has 1 aromatic heterocycles. The van der Waals surface area contributed by atoms with E-state index in [1.165, 1.54) is 25.1 Å². The summed E-state index contributed by atoms with van der Waals surface area (Å²) in [6, 6.07) is 13.9. The smallest absolute Gasteiger partial charge is 0.475 e. The minimum absolute atomic E-state index is 0.170. The zero-order chi connectivity index (χ0) is 26.2. The molecule has 0 atom stereocenters. The van der Waals surface area contributed by atoms with Crippen LogP contribution in [0.4, 0.5) is 36.2 Å². The predicted octanol–water partition coefficient (Wildman–Crippen LogP) is 4.88. The number of benzene rings is 2. The molecule has 1 heterocycles. The number of alkyl halides is 3. The van der Waals surface area contributed by atoms with Gasteiger partial charge < -0.3 is 15.7 Å². The van der Waals surface area contributed by atoms with Crippen molar-refractivity contribution in [2.75, 3.05) is 23.9 Å². The molecule has 3 aromatic rings. The van der Waals surface area contributed by atoms with Crippen molar-refractivity contribution in [2.24, 2.45) is 0 Å². The first-order valence-corrected chi connectivity index (χ1v) is 12.5. The lowest BCUT2D eigenvalue weighted by Crippen LogP contribution is -2.21. The van der Waals surface area contributed by atoms with Crippen LogP contribution in [-0.2, 0) is 14.8 Å². The van der Waals surface area contributed by atoms with Crippen molar-refractivity contribution in [1.82, 2.24) is 14.7 Å². The summed E-state index contributed by atoms with van der Waals surface area (Å²) in [6.45, 7) is 0. The van der Waals surface area contributed by atoms with Crippen LogP contribution in [0.5, 0.6) is 0 Å². The highest BCUT2D eigenvalue weighted by Crippen LogP contribution is 2.30. The number of halogens is 4. The summed E-state index contributed by atoms with van der Waals surface area (Å²) in [6.07, 6.45) is -1.74. The molecule has 0 saturated heterocycles. The summed E-state index contributed by atoms with van der Waals surface area (Å²) >= 11 is 7.40. The monoisotopic (exact) mass is 549 g/mol. The Morgan fingerprint density at radius 2 is 1.60 bits per heavy atom. The maximum Gasteiger partial charge on any atom is 0.490 e. The molecule has 0 amide bonds. The average molecular weight is 550 g/mol. The molecule has 0 aliphatic heterocycles. The Morgan fingerprint density at radius 1 is 1.03 bits per heavy atom. The number of rotatable bonds is 7. The van der Waals surface area contributed by atoms with Crippen molar-refractivity contribution in [1.29, 1.82) is 0 Å². The number of thioether (sulfide) groups is 1. The molecule has 0 saturated carbocycles. The maximum atomic E-state index is 12.1. The number of carbonyl (C=O) groups is 1. The number of carboxylic acid groups (broad SMARTS) is 1. The number of aromatic nitrogens is 2. The molecular weight excluding hydrogens is 531 g/mol. The van der Waals surface area contributed by atoms with Crippen molar-refractivity contribution >= 4 is 62.4 Å². The van der Waals surface area contributed by atoms with Crippen LogP contribution < -0.4 is 15.4 Å². The molecule has 3 rings (SSSR count). The number of aliphatic carboxylic acids is 1. The molecule has 0 aliphatic rings. The number of carboxylic acids is 1. The highest BCUT2D eigenvalue weighted by molar-refractivity contribution is 7.98. The number of nitrogens with one attached hydrogen (secondary N) is 3. The van der Waals surface area contributed by atoms with E-state index in [-0.39, 0.29) is 4.90 Å². The fraction of sp³-hybridized carbons (Fsp3) is 0.150. The number of hydrogen-bond acceptors (Lipinski definition) is 8. The van der Waals surface area contributed by atoms with Gasteiger partial charge in [0, 0.05) is 21.7 Å². The topological polar surface area (TPSA) is 133 Å². The lowest BCUT2D eigenvalue weighted by atomic mass is 10.3. The fourth-order valence-corrected chi connectivity index (χ4v) is 3.80. The predicted molar refractivity (Wildman–Crippen MR) is 128 cm³/mol. The third kappa shape index (κ3) is 8.58. The van der Waals surface area contributed by atoms with Crippen LogP contribution in [-0.4, -0.2) is 48.9 Å². The standard InChI is InChI=1S/C18H18ClN5O2S2.C2HF3O2/c1-20-28(25,26)14-7-8-16(27-2)15(9-14)24-18-10-17(21-11-22-18)23-13-5-3-12(19)4-6-13;3-2(4,5)1(6)7/h3-11,20H,1-2H3,(H2,21,22,23,24);(H,6,7). The SMILES string of the molecule is CNS(=O)(=O)c1ccc(SC)c(Nc2cc(Nc3ccc(Cl)cc3)ncn2)c1.O=C(O)C(F)(F)F. The molecular formula is C20H19ClF3N5O4S2. The van der Waals surface area contributed by atoms with E-state index in [0.717, 1.165) is 10.6 Å². The second kappa shape index (κ2) is 12.1. The summed E-state index contributed by atoms with van der Waals surface area (Å²) in [5.74, 6) is -1.64. The van der Waals surface area contributed by atoms with Crippen LogP contribution in [0.25, 0.3) is 0 Å². The summed E-state index contributed by atoms with van der Waals surface area (Å²) in [4.78, 5) is 18.4. The number of hydrogen-bond donors (Lipinski definition) is 4.